The van der Waals surface area contributed by atoms with E-state index in [2.05, 4.69) is 4.98 Å². The molecule has 5 heteroatoms. The van der Waals surface area contributed by atoms with Gasteiger partial charge < -0.3 is 9.32 Å². The van der Waals surface area contributed by atoms with Crippen LogP contribution in [-0.2, 0) is 13.1 Å². The van der Waals surface area contributed by atoms with E-state index in [0.717, 1.165) is 11.3 Å². The van der Waals surface area contributed by atoms with Gasteiger partial charge in [0.15, 0.2) is 0 Å². The molecule has 0 radical (unpaired) electrons. The van der Waals surface area contributed by atoms with Gasteiger partial charge in [0.05, 0.1) is 12.8 Å². The number of amides is 1. The number of hydrogen-bond donors (Lipinski definition) is 0. The molecule has 0 spiro atoms. The Morgan fingerprint density at radius 2 is 1.91 bits per heavy atom. The summed E-state index contributed by atoms with van der Waals surface area (Å²) < 4.78 is 5.38. The molecule has 2 heterocycles. The summed E-state index contributed by atoms with van der Waals surface area (Å²) in [6, 6.07) is 14.3. The van der Waals surface area contributed by atoms with Gasteiger partial charge in [0.1, 0.15) is 5.76 Å². The van der Waals surface area contributed by atoms with Crippen LogP contribution in [0, 0.1) is 0 Å². The molecule has 0 bridgehead atoms. The first-order valence-corrected chi connectivity index (χ1v) is 7.56. The number of nitrogens with zero attached hydrogens (tertiary/aromatic N) is 2. The van der Waals surface area contributed by atoms with Crippen LogP contribution in [0.25, 0.3) is 0 Å². The number of carbonyl (C=O) groups is 1. The second-order valence-corrected chi connectivity index (χ2v) is 5.55. The summed E-state index contributed by atoms with van der Waals surface area (Å²) in [5, 5.41) is 0.603. The largest absolute Gasteiger partial charge is 0.467 e. The van der Waals surface area contributed by atoms with Crippen LogP contribution in [-0.4, -0.2) is 15.8 Å². The van der Waals surface area contributed by atoms with Gasteiger partial charge in [-0.2, -0.15) is 0 Å². The summed E-state index contributed by atoms with van der Waals surface area (Å²) in [6.45, 7) is 0.847. The third kappa shape index (κ3) is 3.99. The van der Waals surface area contributed by atoms with Crippen molar-refractivity contribution in [2.75, 3.05) is 0 Å². The molecule has 0 N–H and O–H groups in total. The topological polar surface area (TPSA) is 46.3 Å². The maximum atomic E-state index is 12.8. The van der Waals surface area contributed by atoms with Crippen molar-refractivity contribution in [2.45, 2.75) is 13.1 Å². The maximum Gasteiger partial charge on any atom is 0.254 e. The highest BCUT2D eigenvalue weighted by Crippen LogP contribution is 2.16. The van der Waals surface area contributed by atoms with Crippen molar-refractivity contribution in [2.24, 2.45) is 0 Å². The number of rotatable bonds is 5. The monoisotopic (exact) mass is 326 g/mol. The van der Waals surface area contributed by atoms with Crippen molar-refractivity contribution in [3.63, 3.8) is 0 Å². The summed E-state index contributed by atoms with van der Waals surface area (Å²) in [7, 11) is 0. The first kappa shape index (κ1) is 15.3. The minimum atomic E-state index is -0.0816. The number of hydrogen-bond acceptors (Lipinski definition) is 3. The number of aromatic nitrogens is 1. The van der Waals surface area contributed by atoms with Crippen LogP contribution in [0.5, 0.6) is 0 Å². The molecule has 0 unspecified atom stereocenters. The van der Waals surface area contributed by atoms with E-state index in [1.165, 1.54) is 0 Å². The van der Waals surface area contributed by atoms with Crippen molar-refractivity contribution < 1.29 is 9.21 Å². The van der Waals surface area contributed by atoms with Crippen LogP contribution in [0.3, 0.4) is 0 Å². The van der Waals surface area contributed by atoms with E-state index in [0.29, 0.717) is 23.7 Å². The highest BCUT2D eigenvalue weighted by atomic mass is 35.5. The lowest BCUT2D eigenvalue weighted by atomic mass is 10.1. The molecule has 1 amide bonds. The van der Waals surface area contributed by atoms with Gasteiger partial charge in [0, 0.05) is 29.5 Å². The van der Waals surface area contributed by atoms with Crippen molar-refractivity contribution in [3.8, 4) is 0 Å². The molecule has 1 aromatic carbocycles. The van der Waals surface area contributed by atoms with E-state index in [1.807, 2.05) is 24.3 Å². The van der Waals surface area contributed by atoms with E-state index in [4.69, 9.17) is 16.0 Å². The third-order valence-electron chi connectivity index (χ3n) is 3.40. The molecule has 0 fully saturated rings. The Labute approximate surface area is 139 Å². The SMILES string of the molecule is O=C(c1ccc(Cl)cc1)N(Cc1cccnc1)Cc1ccco1. The standard InChI is InChI=1S/C18H15ClN2O2/c19-16-7-5-15(6-8-16)18(22)21(13-17-4-2-10-23-17)12-14-3-1-9-20-11-14/h1-11H,12-13H2. The van der Waals surface area contributed by atoms with Crippen LogP contribution in [0.4, 0.5) is 0 Å². The molecule has 3 aromatic rings. The van der Waals surface area contributed by atoms with Gasteiger partial charge in [-0.05, 0) is 48.0 Å². The van der Waals surface area contributed by atoms with Gasteiger partial charge in [0.2, 0.25) is 0 Å². The molecule has 4 nitrogen and oxygen atoms in total. The normalized spacial score (nSPS) is 10.5. The highest BCUT2D eigenvalue weighted by Gasteiger charge is 2.18. The maximum absolute atomic E-state index is 12.8. The molecule has 0 saturated carbocycles. The predicted molar refractivity (Wildman–Crippen MR) is 88.0 cm³/mol. The first-order valence-electron chi connectivity index (χ1n) is 7.18. The van der Waals surface area contributed by atoms with Crippen molar-refractivity contribution in [1.29, 1.82) is 0 Å². The van der Waals surface area contributed by atoms with Crippen LogP contribution in [0.2, 0.25) is 5.02 Å². The fourth-order valence-electron chi connectivity index (χ4n) is 2.28. The summed E-state index contributed by atoms with van der Waals surface area (Å²) in [4.78, 5) is 18.6. The molecule has 0 saturated heterocycles. The Balaban J connectivity index is 1.84. The van der Waals surface area contributed by atoms with Gasteiger partial charge in [-0.15, -0.1) is 0 Å². The summed E-state index contributed by atoms with van der Waals surface area (Å²) in [5.74, 6) is 0.651. The lowest BCUT2D eigenvalue weighted by Crippen LogP contribution is -2.30. The molecule has 3 rings (SSSR count). The van der Waals surface area contributed by atoms with Gasteiger partial charge in [-0.3, -0.25) is 9.78 Å². The Hall–Kier alpha value is -2.59. The average Bonchev–Trinajstić information content (AvgIpc) is 3.08. The Morgan fingerprint density at radius 3 is 2.57 bits per heavy atom. The Bertz CT molecular complexity index is 755. The first-order chi connectivity index (χ1) is 11.2. The minimum Gasteiger partial charge on any atom is -0.467 e. The zero-order valence-corrected chi connectivity index (χ0v) is 13.1. The molecule has 2 aromatic heterocycles. The number of furan rings is 1. The van der Waals surface area contributed by atoms with E-state index in [9.17, 15) is 4.79 Å². The van der Waals surface area contributed by atoms with E-state index in [1.54, 1.807) is 47.8 Å². The van der Waals surface area contributed by atoms with Crippen molar-refractivity contribution >= 4 is 17.5 Å². The van der Waals surface area contributed by atoms with Crippen molar-refractivity contribution in [3.05, 3.63) is 89.1 Å². The molecule has 116 valence electrons. The van der Waals surface area contributed by atoms with E-state index in [-0.39, 0.29) is 5.91 Å². The lowest BCUT2D eigenvalue weighted by molar-refractivity contribution is 0.0717. The minimum absolute atomic E-state index is 0.0816. The average molecular weight is 327 g/mol. The Morgan fingerprint density at radius 1 is 1.09 bits per heavy atom. The van der Waals surface area contributed by atoms with Crippen molar-refractivity contribution in [1.82, 2.24) is 9.88 Å². The van der Waals surface area contributed by atoms with E-state index >= 15 is 0 Å². The molecule has 0 aliphatic carbocycles. The van der Waals surface area contributed by atoms with Crippen LogP contribution >= 0.6 is 11.6 Å². The summed E-state index contributed by atoms with van der Waals surface area (Å²) in [6.07, 6.45) is 5.07. The summed E-state index contributed by atoms with van der Waals surface area (Å²) >= 11 is 5.89. The Kier molecular flexibility index (Phi) is 4.74. The van der Waals surface area contributed by atoms with Gasteiger partial charge in [-0.1, -0.05) is 17.7 Å². The molecule has 0 aliphatic rings. The zero-order chi connectivity index (χ0) is 16.1. The van der Waals surface area contributed by atoms with Gasteiger partial charge in [0.25, 0.3) is 5.91 Å². The van der Waals surface area contributed by atoms with Gasteiger partial charge in [-0.25, -0.2) is 0 Å². The highest BCUT2D eigenvalue weighted by molar-refractivity contribution is 6.30. The number of benzene rings is 1. The quantitative estimate of drug-likeness (QED) is 0.707. The summed E-state index contributed by atoms with van der Waals surface area (Å²) in [5.41, 5.74) is 1.55. The zero-order valence-electron chi connectivity index (χ0n) is 12.4. The van der Waals surface area contributed by atoms with Gasteiger partial charge >= 0.3 is 0 Å². The molecule has 0 atom stereocenters. The lowest BCUT2D eigenvalue weighted by Gasteiger charge is -2.22. The predicted octanol–water partition coefficient (Wildman–Crippen LogP) is 4.17. The second kappa shape index (κ2) is 7.11. The third-order valence-corrected chi connectivity index (χ3v) is 3.65. The van der Waals surface area contributed by atoms with Crippen LogP contribution in [0.15, 0.2) is 71.6 Å². The molecule has 23 heavy (non-hydrogen) atoms. The van der Waals surface area contributed by atoms with Crippen LogP contribution in [0.1, 0.15) is 21.7 Å². The second-order valence-electron chi connectivity index (χ2n) is 5.11. The fraction of sp³-hybridized carbons (Fsp3) is 0.111. The number of carbonyl (C=O) groups excluding carboxylic acids is 1. The molecular weight excluding hydrogens is 312 g/mol. The smallest absolute Gasteiger partial charge is 0.254 e. The van der Waals surface area contributed by atoms with E-state index < -0.39 is 0 Å². The fourth-order valence-corrected chi connectivity index (χ4v) is 2.40. The molecule has 0 aliphatic heterocycles. The van der Waals surface area contributed by atoms with Crippen LogP contribution < -0.4 is 0 Å². The number of halogens is 1. The number of pyridine rings is 1. The molecular formula is C18H15ClN2O2.